The Morgan fingerprint density at radius 3 is 2.88 bits per heavy atom. The zero-order valence-corrected chi connectivity index (χ0v) is 15.6. The summed E-state index contributed by atoms with van der Waals surface area (Å²) in [5, 5.41) is 7.66. The van der Waals surface area contributed by atoms with E-state index in [4.69, 9.17) is 0 Å². The van der Waals surface area contributed by atoms with Gasteiger partial charge in [-0.15, -0.1) is 11.7 Å². The molecule has 0 amide bonds. The van der Waals surface area contributed by atoms with Gasteiger partial charge in [-0.25, -0.2) is 17.9 Å². The number of sulfone groups is 1. The maximum atomic E-state index is 13.0. The third kappa shape index (κ3) is 3.56. The van der Waals surface area contributed by atoms with Crippen molar-refractivity contribution in [2.45, 2.75) is 56.8 Å². The third-order valence-electron chi connectivity index (χ3n) is 4.64. The summed E-state index contributed by atoms with van der Waals surface area (Å²) in [4.78, 5) is 4.71. The summed E-state index contributed by atoms with van der Waals surface area (Å²) in [7, 11) is -3.45. The van der Waals surface area contributed by atoms with Gasteiger partial charge in [-0.05, 0) is 37.7 Å². The van der Waals surface area contributed by atoms with E-state index in [0.29, 0.717) is 24.4 Å². The van der Waals surface area contributed by atoms with Crippen LogP contribution >= 0.6 is 0 Å². The fourth-order valence-corrected chi connectivity index (χ4v) is 4.96. The normalized spacial score (nSPS) is 14.4. The number of unbranched alkanes of at least 4 members (excludes halogenated alkanes) is 2. The van der Waals surface area contributed by atoms with Gasteiger partial charge in [-0.2, -0.15) is 0 Å². The number of nitrogens with one attached hydrogen (secondary N) is 1. The van der Waals surface area contributed by atoms with Crippen molar-refractivity contribution in [2.24, 2.45) is 0 Å². The van der Waals surface area contributed by atoms with Gasteiger partial charge in [-0.1, -0.05) is 25.8 Å². The Balaban J connectivity index is 2.12. The maximum absolute atomic E-state index is 13.0. The average molecular weight is 362 g/mol. The van der Waals surface area contributed by atoms with Gasteiger partial charge in [0.25, 0.3) is 0 Å². The molecule has 25 heavy (non-hydrogen) atoms. The summed E-state index contributed by atoms with van der Waals surface area (Å²) in [6.45, 7) is 6.21. The molecule has 0 bridgehead atoms. The molecule has 2 aromatic rings. The lowest BCUT2D eigenvalue weighted by Crippen LogP contribution is -2.12. The molecule has 2 aromatic heterocycles. The van der Waals surface area contributed by atoms with E-state index >= 15 is 0 Å². The predicted octanol–water partition coefficient (Wildman–Crippen LogP) is 3.17. The highest BCUT2D eigenvalue weighted by molar-refractivity contribution is 7.91. The largest absolute Gasteiger partial charge is 0.364 e. The van der Waals surface area contributed by atoms with E-state index in [2.05, 4.69) is 28.9 Å². The summed E-state index contributed by atoms with van der Waals surface area (Å²) in [5.41, 5.74) is 2.71. The molecular weight excluding hydrogens is 336 g/mol. The van der Waals surface area contributed by atoms with Crippen molar-refractivity contribution in [1.29, 1.82) is 0 Å². The van der Waals surface area contributed by atoms with E-state index in [1.54, 1.807) is 10.6 Å². The zero-order valence-electron chi connectivity index (χ0n) is 14.8. The lowest BCUT2D eigenvalue weighted by molar-refractivity contribution is 0.591. The average Bonchev–Trinajstić information content (AvgIpc) is 2.99. The lowest BCUT2D eigenvalue weighted by atomic mass is 9.97. The highest BCUT2D eigenvalue weighted by atomic mass is 32.2. The van der Waals surface area contributed by atoms with E-state index < -0.39 is 9.84 Å². The molecule has 0 saturated carbocycles. The van der Waals surface area contributed by atoms with Crippen molar-refractivity contribution in [1.82, 2.24) is 14.6 Å². The molecule has 0 spiro atoms. The van der Waals surface area contributed by atoms with E-state index in [0.717, 1.165) is 44.2 Å². The van der Waals surface area contributed by atoms with Crippen LogP contribution in [0.5, 0.6) is 0 Å². The Bertz CT molecular complexity index is 871. The number of anilines is 1. The van der Waals surface area contributed by atoms with Crippen LogP contribution in [0.4, 0.5) is 5.82 Å². The summed E-state index contributed by atoms with van der Waals surface area (Å²) in [6, 6.07) is 0. The fourth-order valence-electron chi connectivity index (χ4n) is 3.34. The molecule has 0 saturated heterocycles. The first-order chi connectivity index (χ1) is 12.1. The molecule has 1 aliphatic rings. The predicted molar refractivity (Wildman–Crippen MR) is 99.9 cm³/mol. The van der Waals surface area contributed by atoms with Crippen LogP contribution in [0.3, 0.4) is 0 Å². The minimum atomic E-state index is -3.45. The molecule has 0 radical (unpaired) electrons. The topological polar surface area (TPSA) is 76.4 Å². The smallest absolute Gasteiger partial charge is 0.185 e. The third-order valence-corrected chi connectivity index (χ3v) is 6.46. The molecule has 1 aliphatic carbocycles. The second-order valence-electron chi connectivity index (χ2n) is 6.55. The lowest BCUT2D eigenvalue weighted by Gasteiger charge is -2.15. The van der Waals surface area contributed by atoms with E-state index in [9.17, 15) is 8.42 Å². The van der Waals surface area contributed by atoms with Crippen LogP contribution in [0.1, 0.15) is 50.3 Å². The van der Waals surface area contributed by atoms with E-state index in [1.807, 2.05) is 6.20 Å². The molecule has 0 fully saturated rings. The van der Waals surface area contributed by atoms with E-state index in [1.165, 1.54) is 5.56 Å². The summed E-state index contributed by atoms with van der Waals surface area (Å²) < 4.78 is 27.7. The summed E-state index contributed by atoms with van der Waals surface area (Å²) in [6.07, 6.45) is 10.2. The van der Waals surface area contributed by atoms with E-state index in [-0.39, 0.29) is 10.6 Å². The summed E-state index contributed by atoms with van der Waals surface area (Å²) in [5.74, 6) is 0.520. The fraction of sp³-hybridized carbons (Fsp3) is 0.556. The van der Waals surface area contributed by atoms with Crippen molar-refractivity contribution in [3.8, 4) is 0 Å². The number of rotatable bonds is 8. The SMILES string of the molecule is C=CCNc1nn2c3c(cnc2c1S(=O)(=O)CCCCC)CCCC3. The molecule has 6 nitrogen and oxygen atoms in total. The first-order valence-corrected chi connectivity index (χ1v) is 10.7. The molecule has 7 heteroatoms. The van der Waals surface area contributed by atoms with Crippen LogP contribution in [0.2, 0.25) is 0 Å². The second-order valence-corrected chi connectivity index (χ2v) is 8.59. The van der Waals surface area contributed by atoms with Crippen molar-refractivity contribution in [3.05, 3.63) is 30.1 Å². The molecule has 0 unspecified atom stereocenters. The molecule has 0 atom stereocenters. The molecule has 2 heterocycles. The van der Waals surface area contributed by atoms with Gasteiger partial charge in [0.2, 0.25) is 0 Å². The number of aromatic nitrogens is 3. The Kier molecular flexibility index (Phi) is 5.42. The quantitative estimate of drug-likeness (QED) is 0.576. The van der Waals surface area contributed by atoms with Gasteiger partial charge >= 0.3 is 0 Å². The number of hydrogen-bond acceptors (Lipinski definition) is 5. The Labute approximate surface area is 149 Å². The van der Waals surface area contributed by atoms with Gasteiger partial charge in [0, 0.05) is 18.4 Å². The number of hydrogen-bond donors (Lipinski definition) is 1. The highest BCUT2D eigenvalue weighted by Crippen LogP contribution is 2.30. The molecule has 0 aliphatic heterocycles. The number of nitrogens with zero attached hydrogens (tertiary/aromatic N) is 3. The number of fused-ring (bicyclic) bond motifs is 3. The summed E-state index contributed by atoms with van der Waals surface area (Å²) >= 11 is 0. The monoisotopic (exact) mass is 362 g/mol. The van der Waals surface area contributed by atoms with Gasteiger partial charge in [-0.3, -0.25) is 0 Å². The van der Waals surface area contributed by atoms with Crippen LogP contribution in [-0.2, 0) is 22.7 Å². The van der Waals surface area contributed by atoms with Gasteiger partial charge < -0.3 is 5.32 Å². The molecule has 0 aromatic carbocycles. The first kappa shape index (κ1) is 17.9. The van der Waals surface area contributed by atoms with Gasteiger partial charge in [0.1, 0.15) is 0 Å². The minimum Gasteiger partial charge on any atom is -0.364 e. The molecule has 136 valence electrons. The van der Waals surface area contributed by atoms with Crippen LogP contribution in [0.15, 0.2) is 23.7 Å². The standard InChI is InChI=1S/C18H26N4O2S/c1-3-5-8-12-25(23,24)16-17(19-11-4-2)21-22-15-10-7-6-9-14(15)13-20-18(16)22/h4,13H,2-3,5-12H2,1H3,(H,19,21). The first-order valence-electron chi connectivity index (χ1n) is 9.05. The molecule has 1 N–H and O–H groups in total. The second kappa shape index (κ2) is 7.56. The Morgan fingerprint density at radius 2 is 2.12 bits per heavy atom. The van der Waals surface area contributed by atoms with Crippen LogP contribution in [0, 0.1) is 0 Å². The van der Waals surface area contributed by atoms with Crippen molar-refractivity contribution < 1.29 is 8.42 Å². The molecular formula is C18H26N4O2S. The van der Waals surface area contributed by atoms with Crippen molar-refractivity contribution in [2.75, 3.05) is 17.6 Å². The van der Waals surface area contributed by atoms with Crippen molar-refractivity contribution >= 4 is 21.3 Å². The van der Waals surface area contributed by atoms with Gasteiger partial charge in [0.15, 0.2) is 26.2 Å². The Hall–Kier alpha value is -1.89. The maximum Gasteiger partial charge on any atom is 0.185 e. The number of aryl methyl sites for hydroxylation is 2. The zero-order chi connectivity index (χ0) is 17.9. The highest BCUT2D eigenvalue weighted by Gasteiger charge is 2.28. The van der Waals surface area contributed by atoms with Gasteiger partial charge in [0.05, 0.1) is 5.75 Å². The minimum absolute atomic E-state index is 0.129. The van der Waals surface area contributed by atoms with Crippen LogP contribution in [0.25, 0.3) is 5.65 Å². The molecule has 3 rings (SSSR count). The van der Waals surface area contributed by atoms with Crippen molar-refractivity contribution in [3.63, 3.8) is 0 Å². The van der Waals surface area contributed by atoms with Crippen LogP contribution in [-0.4, -0.2) is 35.3 Å². The Morgan fingerprint density at radius 1 is 1.32 bits per heavy atom. The van der Waals surface area contributed by atoms with Crippen LogP contribution < -0.4 is 5.32 Å².